The largest absolute Gasteiger partial charge is 0.323 e. The molecule has 1 N–H and O–H groups in total. The first kappa shape index (κ1) is 14.6. The van der Waals surface area contributed by atoms with Gasteiger partial charge in [-0.3, -0.25) is 9.48 Å². The summed E-state index contributed by atoms with van der Waals surface area (Å²) >= 11 is 5.79. The number of rotatable bonds is 5. The molecule has 1 aromatic carbocycles. The zero-order valence-corrected chi connectivity index (χ0v) is 12.4. The average molecular weight is 292 g/mol. The van der Waals surface area contributed by atoms with Crippen LogP contribution in [0.2, 0.25) is 0 Å². The van der Waals surface area contributed by atoms with Crippen molar-refractivity contribution in [2.75, 3.05) is 11.2 Å². The first-order valence-corrected chi connectivity index (χ1v) is 6.98. The second-order valence-electron chi connectivity index (χ2n) is 5.38. The molecule has 0 saturated carbocycles. The van der Waals surface area contributed by atoms with Crippen molar-refractivity contribution in [2.24, 2.45) is 5.41 Å². The highest BCUT2D eigenvalue weighted by Crippen LogP contribution is 2.20. The van der Waals surface area contributed by atoms with Crippen LogP contribution in [0, 0.1) is 5.41 Å². The van der Waals surface area contributed by atoms with Crippen LogP contribution in [0.3, 0.4) is 0 Å². The minimum absolute atomic E-state index is 0.105. The van der Waals surface area contributed by atoms with Crippen LogP contribution in [0.5, 0.6) is 0 Å². The van der Waals surface area contributed by atoms with E-state index < -0.39 is 5.41 Å². The molecule has 0 spiro atoms. The maximum atomic E-state index is 12.0. The Morgan fingerprint density at radius 1 is 1.35 bits per heavy atom. The van der Waals surface area contributed by atoms with Gasteiger partial charge in [-0.1, -0.05) is 30.3 Å². The summed E-state index contributed by atoms with van der Waals surface area (Å²) < 4.78 is 1.79. The topological polar surface area (TPSA) is 46.9 Å². The lowest BCUT2D eigenvalue weighted by Gasteiger charge is -2.19. The normalized spacial score (nSPS) is 11.3. The van der Waals surface area contributed by atoms with E-state index in [1.165, 1.54) is 0 Å². The van der Waals surface area contributed by atoms with Crippen molar-refractivity contribution in [3.63, 3.8) is 0 Å². The third kappa shape index (κ3) is 3.61. The predicted molar refractivity (Wildman–Crippen MR) is 80.9 cm³/mol. The lowest BCUT2D eigenvalue weighted by Crippen LogP contribution is -2.32. The van der Waals surface area contributed by atoms with Gasteiger partial charge in [-0.25, -0.2) is 0 Å². The summed E-state index contributed by atoms with van der Waals surface area (Å²) in [7, 11) is 0. The summed E-state index contributed by atoms with van der Waals surface area (Å²) in [6, 6.07) is 10.0. The van der Waals surface area contributed by atoms with Gasteiger partial charge < -0.3 is 5.32 Å². The van der Waals surface area contributed by atoms with Gasteiger partial charge in [0.1, 0.15) is 0 Å². The number of alkyl halides is 1. The maximum absolute atomic E-state index is 12.0. The van der Waals surface area contributed by atoms with Crippen molar-refractivity contribution in [1.82, 2.24) is 9.78 Å². The van der Waals surface area contributed by atoms with E-state index in [4.69, 9.17) is 11.6 Å². The number of carbonyl (C=O) groups excluding carboxylic acids is 1. The SMILES string of the molecule is CC(C)(CCl)C(=O)Nc1cnn(Cc2ccccc2)c1. The summed E-state index contributed by atoms with van der Waals surface area (Å²) in [6.07, 6.45) is 3.46. The van der Waals surface area contributed by atoms with Gasteiger partial charge in [-0.05, 0) is 19.4 Å². The van der Waals surface area contributed by atoms with Gasteiger partial charge in [0, 0.05) is 12.1 Å². The molecule has 0 saturated heterocycles. The Hall–Kier alpha value is -1.81. The number of hydrogen-bond acceptors (Lipinski definition) is 2. The Bertz CT molecular complexity index is 578. The highest BCUT2D eigenvalue weighted by atomic mass is 35.5. The summed E-state index contributed by atoms with van der Waals surface area (Å²) in [5.74, 6) is 0.170. The second-order valence-corrected chi connectivity index (χ2v) is 5.65. The fourth-order valence-corrected chi connectivity index (χ4v) is 1.77. The summed E-state index contributed by atoms with van der Waals surface area (Å²) in [4.78, 5) is 12.0. The van der Waals surface area contributed by atoms with Crippen LogP contribution in [0.4, 0.5) is 5.69 Å². The quantitative estimate of drug-likeness (QED) is 0.860. The molecule has 4 nitrogen and oxygen atoms in total. The molecule has 0 aliphatic heterocycles. The molecule has 2 aromatic rings. The van der Waals surface area contributed by atoms with Crippen LogP contribution in [-0.2, 0) is 11.3 Å². The van der Waals surface area contributed by atoms with E-state index in [-0.39, 0.29) is 11.8 Å². The third-order valence-electron chi connectivity index (χ3n) is 3.03. The standard InChI is InChI=1S/C15H18ClN3O/c1-15(2,11-16)14(20)18-13-8-17-19(10-13)9-12-6-4-3-5-7-12/h3-8,10H,9,11H2,1-2H3,(H,18,20). The molecular weight excluding hydrogens is 274 g/mol. The molecule has 0 unspecified atom stereocenters. The molecule has 2 rings (SSSR count). The zero-order chi connectivity index (χ0) is 14.6. The zero-order valence-electron chi connectivity index (χ0n) is 11.6. The number of halogens is 1. The van der Waals surface area contributed by atoms with Crippen LogP contribution in [-0.4, -0.2) is 21.6 Å². The Labute approximate surface area is 123 Å². The van der Waals surface area contributed by atoms with Crippen molar-refractivity contribution >= 4 is 23.2 Å². The summed E-state index contributed by atoms with van der Waals surface area (Å²) in [5, 5.41) is 7.07. The Morgan fingerprint density at radius 2 is 2.05 bits per heavy atom. The number of amides is 1. The highest BCUT2D eigenvalue weighted by Gasteiger charge is 2.26. The molecule has 0 radical (unpaired) electrons. The number of benzene rings is 1. The van der Waals surface area contributed by atoms with Crippen molar-refractivity contribution in [3.8, 4) is 0 Å². The van der Waals surface area contributed by atoms with Crippen molar-refractivity contribution in [3.05, 3.63) is 48.3 Å². The lowest BCUT2D eigenvalue weighted by molar-refractivity contribution is -0.122. The number of aromatic nitrogens is 2. The number of nitrogens with one attached hydrogen (secondary N) is 1. The fraction of sp³-hybridized carbons (Fsp3) is 0.333. The van der Waals surface area contributed by atoms with Crippen molar-refractivity contribution < 1.29 is 4.79 Å². The minimum atomic E-state index is -0.594. The molecule has 1 amide bonds. The molecule has 1 heterocycles. The summed E-state index contributed by atoms with van der Waals surface area (Å²) in [5.41, 5.74) is 1.25. The van der Waals surface area contributed by atoms with Gasteiger partial charge >= 0.3 is 0 Å². The van der Waals surface area contributed by atoms with Crippen molar-refractivity contribution in [2.45, 2.75) is 20.4 Å². The van der Waals surface area contributed by atoms with Gasteiger partial charge in [0.15, 0.2) is 0 Å². The highest BCUT2D eigenvalue weighted by molar-refractivity contribution is 6.20. The van der Waals surface area contributed by atoms with E-state index in [0.717, 1.165) is 5.56 Å². The molecule has 1 aromatic heterocycles. The van der Waals surface area contributed by atoms with E-state index in [9.17, 15) is 4.79 Å². The van der Waals surface area contributed by atoms with Crippen molar-refractivity contribution in [1.29, 1.82) is 0 Å². The van der Waals surface area contributed by atoms with E-state index in [2.05, 4.69) is 10.4 Å². The molecule has 0 atom stereocenters. The lowest BCUT2D eigenvalue weighted by atomic mass is 9.95. The molecule has 0 aliphatic carbocycles. The Balaban J connectivity index is 2.01. The maximum Gasteiger partial charge on any atom is 0.231 e. The van der Waals surface area contributed by atoms with E-state index >= 15 is 0 Å². The van der Waals surface area contributed by atoms with Gasteiger partial charge in [0.05, 0.1) is 23.8 Å². The minimum Gasteiger partial charge on any atom is -0.323 e. The molecular formula is C15H18ClN3O. The Kier molecular flexibility index (Phi) is 4.45. The smallest absolute Gasteiger partial charge is 0.231 e. The third-order valence-corrected chi connectivity index (χ3v) is 3.70. The number of hydrogen-bond donors (Lipinski definition) is 1. The van der Waals surface area contributed by atoms with Gasteiger partial charge in [-0.2, -0.15) is 5.10 Å². The van der Waals surface area contributed by atoms with E-state index in [1.54, 1.807) is 10.9 Å². The van der Waals surface area contributed by atoms with Crippen LogP contribution < -0.4 is 5.32 Å². The molecule has 5 heteroatoms. The Morgan fingerprint density at radius 3 is 2.70 bits per heavy atom. The van der Waals surface area contributed by atoms with Gasteiger partial charge in [-0.15, -0.1) is 11.6 Å². The fourth-order valence-electron chi connectivity index (χ4n) is 1.65. The first-order valence-electron chi connectivity index (χ1n) is 6.45. The second kappa shape index (κ2) is 6.09. The van der Waals surface area contributed by atoms with E-state index in [0.29, 0.717) is 12.2 Å². The first-order chi connectivity index (χ1) is 9.51. The van der Waals surface area contributed by atoms with Crippen LogP contribution >= 0.6 is 11.6 Å². The monoisotopic (exact) mass is 291 g/mol. The molecule has 0 fully saturated rings. The number of anilines is 1. The van der Waals surface area contributed by atoms with Crippen LogP contribution in [0.1, 0.15) is 19.4 Å². The molecule has 0 bridgehead atoms. The van der Waals surface area contributed by atoms with Gasteiger partial charge in [0.25, 0.3) is 0 Å². The van der Waals surface area contributed by atoms with Crippen LogP contribution in [0.15, 0.2) is 42.7 Å². The van der Waals surface area contributed by atoms with Crippen LogP contribution in [0.25, 0.3) is 0 Å². The summed E-state index contributed by atoms with van der Waals surface area (Å²) in [6.45, 7) is 4.29. The van der Waals surface area contributed by atoms with E-state index in [1.807, 2.05) is 50.4 Å². The molecule has 20 heavy (non-hydrogen) atoms. The number of nitrogens with zero attached hydrogens (tertiary/aromatic N) is 2. The molecule has 0 aliphatic rings. The molecule has 106 valence electrons. The van der Waals surface area contributed by atoms with Gasteiger partial charge in [0.2, 0.25) is 5.91 Å². The average Bonchev–Trinajstić information content (AvgIpc) is 2.87. The number of carbonyl (C=O) groups is 1. The predicted octanol–water partition coefficient (Wildman–Crippen LogP) is 3.13.